The van der Waals surface area contributed by atoms with E-state index >= 15 is 0 Å². The van der Waals surface area contributed by atoms with Gasteiger partial charge in [0.15, 0.2) is 0 Å². The van der Waals surface area contributed by atoms with Gasteiger partial charge in [0.2, 0.25) is 15.6 Å². The van der Waals surface area contributed by atoms with Crippen LogP contribution in [-0.2, 0) is 10.0 Å². The molecule has 0 spiro atoms. The molecular weight excluding hydrogens is 252 g/mol. The van der Waals surface area contributed by atoms with Crippen molar-refractivity contribution in [1.29, 1.82) is 0 Å². The fourth-order valence-corrected chi connectivity index (χ4v) is 3.69. The molecule has 1 aliphatic carbocycles. The first kappa shape index (κ1) is 13.3. The van der Waals surface area contributed by atoms with E-state index in [9.17, 15) is 13.2 Å². The second kappa shape index (κ2) is 4.85. The number of H-pyrrole nitrogens is 1. The molecule has 1 saturated carbocycles. The summed E-state index contributed by atoms with van der Waals surface area (Å²) in [5.41, 5.74) is -0.309. The molecule has 100 valence electrons. The zero-order valence-corrected chi connectivity index (χ0v) is 11.3. The Morgan fingerprint density at radius 3 is 2.50 bits per heavy atom. The fraction of sp³-hybridized carbons (Fsp3) is 0.583. The van der Waals surface area contributed by atoms with Crippen LogP contribution in [-0.4, -0.2) is 19.4 Å². The van der Waals surface area contributed by atoms with Crippen molar-refractivity contribution in [2.75, 3.05) is 0 Å². The second-order valence-electron chi connectivity index (χ2n) is 5.03. The Bertz CT molecular complexity index is 559. The highest BCUT2D eigenvalue weighted by molar-refractivity contribution is 7.89. The Balaban J connectivity index is 2.17. The number of hydrogen-bond acceptors (Lipinski definition) is 3. The summed E-state index contributed by atoms with van der Waals surface area (Å²) in [4.78, 5) is 13.4. The van der Waals surface area contributed by atoms with Crippen molar-refractivity contribution in [2.24, 2.45) is 11.8 Å². The van der Waals surface area contributed by atoms with E-state index in [4.69, 9.17) is 0 Å². The van der Waals surface area contributed by atoms with E-state index in [0.29, 0.717) is 11.8 Å². The highest BCUT2D eigenvalue weighted by Gasteiger charge is 2.32. The van der Waals surface area contributed by atoms with Crippen LogP contribution in [0, 0.1) is 11.8 Å². The van der Waals surface area contributed by atoms with Crippen molar-refractivity contribution in [3.05, 3.63) is 28.7 Å². The molecule has 1 aromatic rings. The lowest BCUT2D eigenvalue weighted by molar-refractivity contribution is 0.402. The van der Waals surface area contributed by atoms with E-state index in [1.165, 1.54) is 18.3 Å². The predicted octanol–water partition coefficient (Wildman–Crippen LogP) is 1.09. The van der Waals surface area contributed by atoms with Crippen molar-refractivity contribution >= 4 is 10.0 Å². The van der Waals surface area contributed by atoms with Crippen LogP contribution < -0.4 is 10.3 Å². The van der Waals surface area contributed by atoms with Crippen LogP contribution in [0.15, 0.2) is 28.0 Å². The van der Waals surface area contributed by atoms with Crippen LogP contribution in [0.1, 0.15) is 26.7 Å². The molecule has 0 aliphatic heterocycles. The van der Waals surface area contributed by atoms with Gasteiger partial charge in [-0.1, -0.05) is 13.8 Å². The molecule has 6 heteroatoms. The summed E-state index contributed by atoms with van der Waals surface area (Å²) in [5.74, 6) is 0.871. The largest absolute Gasteiger partial charge is 0.328 e. The maximum absolute atomic E-state index is 12.1. The summed E-state index contributed by atoms with van der Waals surface area (Å²) in [7, 11) is -3.54. The quantitative estimate of drug-likeness (QED) is 0.863. The number of nitrogens with one attached hydrogen (secondary N) is 2. The number of aromatic amines is 1. The minimum atomic E-state index is -3.54. The van der Waals surface area contributed by atoms with Gasteiger partial charge in [0.1, 0.15) is 0 Å². The zero-order chi connectivity index (χ0) is 13.3. The summed E-state index contributed by atoms with van der Waals surface area (Å²) in [6, 6.07) is 2.52. The van der Waals surface area contributed by atoms with Gasteiger partial charge < -0.3 is 4.98 Å². The Morgan fingerprint density at radius 2 is 2.00 bits per heavy atom. The number of sulfonamides is 1. The van der Waals surface area contributed by atoms with Crippen LogP contribution in [0.5, 0.6) is 0 Å². The Labute approximate surface area is 107 Å². The molecule has 0 bridgehead atoms. The zero-order valence-electron chi connectivity index (χ0n) is 10.5. The molecule has 1 fully saturated rings. The first-order chi connectivity index (χ1) is 8.40. The molecule has 3 unspecified atom stereocenters. The monoisotopic (exact) mass is 270 g/mol. The number of pyridine rings is 1. The highest BCUT2D eigenvalue weighted by atomic mass is 32.2. The lowest BCUT2D eigenvalue weighted by Crippen LogP contribution is -2.37. The summed E-state index contributed by atoms with van der Waals surface area (Å²) in [6.07, 6.45) is 3.14. The molecule has 1 aliphatic rings. The Hall–Kier alpha value is -1.14. The molecule has 0 radical (unpaired) electrons. The van der Waals surface area contributed by atoms with E-state index in [1.807, 2.05) is 0 Å². The van der Waals surface area contributed by atoms with E-state index in [-0.39, 0.29) is 16.5 Å². The minimum Gasteiger partial charge on any atom is -0.328 e. The van der Waals surface area contributed by atoms with Gasteiger partial charge in [-0.15, -0.1) is 0 Å². The first-order valence-corrected chi connectivity index (χ1v) is 7.59. The summed E-state index contributed by atoms with van der Waals surface area (Å²) in [6.45, 7) is 4.21. The van der Waals surface area contributed by atoms with Gasteiger partial charge >= 0.3 is 0 Å². The molecule has 0 amide bonds. The van der Waals surface area contributed by atoms with Gasteiger partial charge in [0.25, 0.3) is 0 Å². The summed E-state index contributed by atoms with van der Waals surface area (Å²) >= 11 is 0. The predicted molar refractivity (Wildman–Crippen MR) is 68.7 cm³/mol. The molecule has 0 aromatic carbocycles. The normalized spacial score (nSPS) is 28.4. The third-order valence-electron chi connectivity index (χ3n) is 3.84. The first-order valence-electron chi connectivity index (χ1n) is 6.11. The Morgan fingerprint density at radius 1 is 1.28 bits per heavy atom. The van der Waals surface area contributed by atoms with Crippen LogP contribution in [0.4, 0.5) is 0 Å². The highest BCUT2D eigenvalue weighted by Crippen LogP contribution is 2.31. The summed E-state index contributed by atoms with van der Waals surface area (Å²) in [5, 5.41) is 0. The van der Waals surface area contributed by atoms with E-state index in [2.05, 4.69) is 23.6 Å². The molecule has 2 rings (SSSR count). The molecule has 18 heavy (non-hydrogen) atoms. The number of aromatic nitrogens is 1. The summed E-state index contributed by atoms with van der Waals surface area (Å²) < 4.78 is 27.0. The van der Waals surface area contributed by atoms with Crippen molar-refractivity contribution in [2.45, 2.75) is 37.6 Å². The molecule has 5 nitrogen and oxygen atoms in total. The van der Waals surface area contributed by atoms with Gasteiger partial charge in [-0.2, -0.15) is 0 Å². The van der Waals surface area contributed by atoms with Gasteiger partial charge in [-0.25, -0.2) is 13.1 Å². The van der Waals surface area contributed by atoms with Crippen molar-refractivity contribution < 1.29 is 8.42 Å². The average molecular weight is 270 g/mol. The lowest BCUT2D eigenvalue weighted by Gasteiger charge is -2.19. The fourth-order valence-electron chi connectivity index (χ4n) is 2.36. The Kier molecular flexibility index (Phi) is 3.59. The van der Waals surface area contributed by atoms with Crippen molar-refractivity contribution in [3.63, 3.8) is 0 Å². The second-order valence-corrected chi connectivity index (χ2v) is 6.74. The van der Waals surface area contributed by atoms with Crippen LogP contribution >= 0.6 is 0 Å². The standard InChI is InChI=1S/C12H18N2O3S/c1-8-3-5-11(9(8)2)14-18(16,17)10-4-6-12(15)13-7-10/h4,6-9,11,14H,3,5H2,1-2H3,(H,13,15). The topological polar surface area (TPSA) is 79.0 Å². The maximum Gasteiger partial charge on any atom is 0.247 e. The third-order valence-corrected chi connectivity index (χ3v) is 5.33. The third kappa shape index (κ3) is 2.64. The molecule has 0 saturated heterocycles. The molecule has 1 heterocycles. The van der Waals surface area contributed by atoms with E-state index < -0.39 is 10.0 Å². The maximum atomic E-state index is 12.1. The van der Waals surface area contributed by atoms with Gasteiger partial charge in [0, 0.05) is 18.3 Å². The average Bonchev–Trinajstić information content (AvgIpc) is 2.61. The molecular formula is C12H18N2O3S. The number of rotatable bonds is 3. The smallest absolute Gasteiger partial charge is 0.247 e. The van der Waals surface area contributed by atoms with Gasteiger partial charge in [0.05, 0.1) is 4.90 Å². The van der Waals surface area contributed by atoms with Gasteiger partial charge in [-0.3, -0.25) is 4.79 Å². The van der Waals surface area contributed by atoms with Crippen LogP contribution in [0.25, 0.3) is 0 Å². The van der Waals surface area contributed by atoms with Crippen LogP contribution in [0.2, 0.25) is 0 Å². The van der Waals surface area contributed by atoms with Crippen molar-refractivity contribution in [3.8, 4) is 0 Å². The van der Waals surface area contributed by atoms with Crippen molar-refractivity contribution in [1.82, 2.24) is 9.71 Å². The van der Waals surface area contributed by atoms with E-state index in [0.717, 1.165) is 12.8 Å². The molecule has 2 N–H and O–H groups in total. The molecule has 3 atom stereocenters. The molecule has 1 aromatic heterocycles. The van der Waals surface area contributed by atoms with E-state index in [1.54, 1.807) is 0 Å². The lowest BCUT2D eigenvalue weighted by atomic mass is 9.98. The van der Waals surface area contributed by atoms with Gasteiger partial charge in [-0.05, 0) is 30.7 Å². The number of hydrogen-bond donors (Lipinski definition) is 2. The van der Waals surface area contributed by atoms with Crippen LogP contribution in [0.3, 0.4) is 0 Å². The SMILES string of the molecule is CC1CCC(NS(=O)(=O)c2ccc(=O)[nH]c2)C1C. The minimum absolute atomic E-state index is 0.0167.